The summed E-state index contributed by atoms with van der Waals surface area (Å²) >= 11 is 6.06. The third-order valence-electron chi connectivity index (χ3n) is 3.18. The maximum absolute atomic E-state index is 11.9. The minimum Gasteiger partial charge on any atom is -0.497 e. The number of nitrogens with one attached hydrogen (secondary N) is 1. The van der Waals surface area contributed by atoms with Gasteiger partial charge in [-0.05, 0) is 12.1 Å². The fourth-order valence-electron chi connectivity index (χ4n) is 2.05. The number of carbonyl (C=O) groups is 1. The van der Waals surface area contributed by atoms with Crippen molar-refractivity contribution < 1.29 is 14.3 Å². The monoisotopic (exact) mass is 298 g/mol. The van der Waals surface area contributed by atoms with E-state index in [9.17, 15) is 4.79 Å². The first kappa shape index (κ1) is 14.9. The maximum Gasteiger partial charge on any atom is 0.226 e. The number of carbonyl (C=O) groups excluding carboxylic acids is 1. The van der Waals surface area contributed by atoms with Crippen molar-refractivity contribution >= 4 is 17.5 Å². The Kier molecular flexibility index (Phi) is 5.49. The zero-order valence-corrected chi connectivity index (χ0v) is 12.3. The molecular weight excluding hydrogens is 280 g/mol. The third kappa shape index (κ3) is 4.02. The average molecular weight is 299 g/mol. The number of hydrogen-bond donors (Lipinski definition) is 1. The highest BCUT2D eigenvalue weighted by Gasteiger charge is 2.16. The topological polar surface area (TPSA) is 50.8 Å². The van der Waals surface area contributed by atoms with Crippen molar-refractivity contribution in [1.82, 2.24) is 10.2 Å². The zero-order valence-electron chi connectivity index (χ0n) is 11.5. The number of halogens is 1. The Morgan fingerprint density at radius 2 is 2.15 bits per heavy atom. The van der Waals surface area contributed by atoms with Crippen LogP contribution >= 0.6 is 11.6 Å². The van der Waals surface area contributed by atoms with E-state index in [1.54, 1.807) is 25.3 Å². The molecule has 1 amide bonds. The van der Waals surface area contributed by atoms with Gasteiger partial charge in [0.1, 0.15) is 11.5 Å². The van der Waals surface area contributed by atoms with E-state index in [0.29, 0.717) is 29.5 Å². The Morgan fingerprint density at radius 3 is 2.80 bits per heavy atom. The van der Waals surface area contributed by atoms with E-state index < -0.39 is 0 Å². The Balaban J connectivity index is 1.79. The first-order valence-corrected chi connectivity index (χ1v) is 7.03. The van der Waals surface area contributed by atoms with Gasteiger partial charge < -0.3 is 19.7 Å². The maximum atomic E-state index is 11.9. The van der Waals surface area contributed by atoms with E-state index in [4.69, 9.17) is 21.1 Å². The molecule has 0 atom stereocenters. The fourth-order valence-corrected chi connectivity index (χ4v) is 2.27. The van der Waals surface area contributed by atoms with Crippen LogP contribution in [0.2, 0.25) is 5.02 Å². The lowest BCUT2D eigenvalue weighted by Gasteiger charge is -2.27. The molecule has 0 aromatic heterocycles. The lowest BCUT2D eigenvalue weighted by molar-refractivity contribution is -0.132. The van der Waals surface area contributed by atoms with Gasteiger partial charge in [-0.3, -0.25) is 4.79 Å². The second kappa shape index (κ2) is 7.36. The molecule has 1 aliphatic heterocycles. The number of hydrogen-bond acceptors (Lipinski definition) is 4. The highest BCUT2D eigenvalue weighted by atomic mass is 35.5. The van der Waals surface area contributed by atoms with Gasteiger partial charge in [0, 0.05) is 32.2 Å². The SMILES string of the molecule is COc1ccc(OCCC(=O)N2CCNCC2)c(Cl)c1. The molecule has 1 N–H and O–H groups in total. The van der Waals surface area contributed by atoms with E-state index >= 15 is 0 Å². The average Bonchev–Trinajstić information content (AvgIpc) is 2.49. The van der Waals surface area contributed by atoms with Crippen molar-refractivity contribution in [3.05, 3.63) is 23.2 Å². The standard InChI is InChI=1S/C14H19ClN2O3/c1-19-11-2-3-13(12(15)10-11)20-9-4-14(18)17-7-5-16-6-8-17/h2-3,10,16H,4-9H2,1H3. The van der Waals surface area contributed by atoms with E-state index in [1.807, 2.05) is 4.90 Å². The van der Waals surface area contributed by atoms with E-state index in [1.165, 1.54) is 0 Å². The van der Waals surface area contributed by atoms with Crippen LogP contribution in [0.5, 0.6) is 11.5 Å². The number of amides is 1. The first-order chi connectivity index (χ1) is 9.70. The van der Waals surface area contributed by atoms with Crippen LogP contribution < -0.4 is 14.8 Å². The molecule has 0 radical (unpaired) electrons. The Hall–Kier alpha value is -1.46. The molecular formula is C14H19ClN2O3. The minimum absolute atomic E-state index is 0.121. The van der Waals surface area contributed by atoms with Gasteiger partial charge in [0.25, 0.3) is 0 Å². The summed E-state index contributed by atoms with van der Waals surface area (Å²) in [4.78, 5) is 13.8. The highest BCUT2D eigenvalue weighted by Crippen LogP contribution is 2.28. The molecule has 0 aliphatic carbocycles. The van der Waals surface area contributed by atoms with Gasteiger partial charge in [0.2, 0.25) is 5.91 Å². The minimum atomic E-state index is 0.121. The highest BCUT2D eigenvalue weighted by molar-refractivity contribution is 6.32. The van der Waals surface area contributed by atoms with E-state index in [2.05, 4.69) is 5.32 Å². The number of methoxy groups -OCH3 is 1. The predicted octanol–water partition coefficient (Wildman–Crippen LogP) is 1.55. The van der Waals surface area contributed by atoms with Crippen LogP contribution in [-0.4, -0.2) is 50.7 Å². The fraction of sp³-hybridized carbons (Fsp3) is 0.500. The normalized spacial score (nSPS) is 15.0. The molecule has 1 fully saturated rings. The largest absolute Gasteiger partial charge is 0.497 e. The summed E-state index contributed by atoms with van der Waals surface area (Å²) in [6.07, 6.45) is 0.363. The summed E-state index contributed by atoms with van der Waals surface area (Å²) in [6.45, 7) is 3.58. The number of piperazine rings is 1. The second-order valence-corrected chi connectivity index (χ2v) is 4.93. The van der Waals surface area contributed by atoms with E-state index in [0.717, 1.165) is 26.2 Å². The summed E-state index contributed by atoms with van der Waals surface area (Å²) in [5, 5.41) is 3.70. The summed E-state index contributed by atoms with van der Waals surface area (Å²) in [5.41, 5.74) is 0. The predicted molar refractivity (Wildman–Crippen MR) is 77.6 cm³/mol. The molecule has 1 aromatic carbocycles. The van der Waals surface area contributed by atoms with Crippen LogP contribution in [0, 0.1) is 0 Å². The van der Waals surface area contributed by atoms with Crippen molar-refractivity contribution in [2.24, 2.45) is 0 Å². The zero-order chi connectivity index (χ0) is 14.4. The second-order valence-electron chi connectivity index (χ2n) is 4.53. The Labute approximate surface area is 123 Å². The van der Waals surface area contributed by atoms with Gasteiger partial charge in [-0.2, -0.15) is 0 Å². The first-order valence-electron chi connectivity index (χ1n) is 6.65. The van der Waals surface area contributed by atoms with Crippen LogP contribution in [0.3, 0.4) is 0 Å². The van der Waals surface area contributed by atoms with Gasteiger partial charge in [0.05, 0.1) is 25.2 Å². The van der Waals surface area contributed by atoms with Gasteiger partial charge in [0.15, 0.2) is 0 Å². The van der Waals surface area contributed by atoms with Crippen LogP contribution in [0.4, 0.5) is 0 Å². The molecule has 5 nitrogen and oxygen atoms in total. The van der Waals surface area contributed by atoms with Crippen LogP contribution in [0.1, 0.15) is 6.42 Å². The molecule has 2 rings (SSSR count). The van der Waals surface area contributed by atoms with Gasteiger partial charge in [-0.15, -0.1) is 0 Å². The summed E-state index contributed by atoms with van der Waals surface area (Å²) in [7, 11) is 1.58. The van der Waals surface area contributed by atoms with Gasteiger partial charge in [-0.1, -0.05) is 11.6 Å². The molecule has 20 heavy (non-hydrogen) atoms. The van der Waals surface area contributed by atoms with Crippen molar-refractivity contribution in [1.29, 1.82) is 0 Å². The lowest BCUT2D eigenvalue weighted by Crippen LogP contribution is -2.46. The molecule has 6 heteroatoms. The number of benzene rings is 1. The summed E-state index contributed by atoms with van der Waals surface area (Å²) in [5.74, 6) is 1.37. The summed E-state index contributed by atoms with van der Waals surface area (Å²) in [6, 6.07) is 5.21. The Bertz CT molecular complexity index is 462. The van der Waals surface area contributed by atoms with Crippen molar-refractivity contribution in [3.8, 4) is 11.5 Å². The molecule has 0 unspecified atom stereocenters. The molecule has 110 valence electrons. The summed E-state index contributed by atoms with van der Waals surface area (Å²) < 4.78 is 10.6. The van der Waals surface area contributed by atoms with Crippen molar-refractivity contribution in [2.45, 2.75) is 6.42 Å². The van der Waals surface area contributed by atoms with Crippen LogP contribution in [-0.2, 0) is 4.79 Å². The molecule has 1 aliphatic rings. The van der Waals surface area contributed by atoms with Crippen molar-refractivity contribution in [3.63, 3.8) is 0 Å². The van der Waals surface area contributed by atoms with Crippen molar-refractivity contribution in [2.75, 3.05) is 39.9 Å². The molecule has 1 saturated heterocycles. The quantitative estimate of drug-likeness (QED) is 0.896. The number of ether oxygens (including phenoxy) is 2. The van der Waals surface area contributed by atoms with Crippen LogP contribution in [0.15, 0.2) is 18.2 Å². The molecule has 0 saturated carbocycles. The Morgan fingerprint density at radius 1 is 1.40 bits per heavy atom. The molecule has 1 heterocycles. The van der Waals surface area contributed by atoms with E-state index in [-0.39, 0.29) is 5.91 Å². The van der Waals surface area contributed by atoms with Gasteiger partial charge in [-0.25, -0.2) is 0 Å². The number of nitrogens with zero attached hydrogens (tertiary/aromatic N) is 1. The van der Waals surface area contributed by atoms with Crippen LogP contribution in [0.25, 0.3) is 0 Å². The van der Waals surface area contributed by atoms with Gasteiger partial charge >= 0.3 is 0 Å². The smallest absolute Gasteiger partial charge is 0.226 e. The molecule has 0 spiro atoms. The third-order valence-corrected chi connectivity index (χ3v) is 3.48. The lowest BCUT2D eigenvalue weighted by atomic mass is 10.3. The number of rotatable bonds is 5. The molecule has 0 bridgehead atoms. The molecule has 1 aromatic rings.